The van der Waals surface area contributed by atoms with Gasteiger partial charge in [-0.2, -0.15) is 0 Å². The summed E-state index contributed by atoms with van der Waals surface area (Å²) in [4.78, 5) is 14.7. The van der Waals surface area contributed by atoms with E-state index in [9.17, 15) is 4.79 Å². The first kappa shape index (κ1) is 14.1. The Labute approximate surface area is 106 Å². The van der Waals surface area contributed by atoms with Crippen molar-refractivity contribution in [3.63, 3.8) is 0 Å². The number of esters is 1. The molecule has 5 nitrogen and oxygen atoms in total. The largest absolute Gasteiger partial charge is 0.460 e. The molecule has 0 amide bonds. The zero-order valence-corrected chi connectivity index (χ0v) is 10.8. The van der Waals surface area contributed by atoms with E-state index in [0.29, 0.717) is 0 Å². The van der Waals surface area contributed by atoms with Gasteiger partial charge in [-0.25, -0.2) is 0 Å². The Hall–Kier alpha value is -2.00. The summed E-state index contributed by atoms with van der Waals surface area (Å²) < 4.78 is 5.20. The molecule has 0 radical (unpaired) electrons. The highest BCUT2D eigenvalue weighted by atomic mass is 16.5. The van der Waals surface area contributed by atoms with E-state index >= 15 is 0 Å². The summed E-state index contributed by atoms with van der Waals surface area (Å²) in [7, 11) is 0. The first-order chi connectivity index (χ1) is 8.50. The molecule has 96 valence electrons. The van der Waals surface area contributed by atoms with Crippen molar-refractivity contribution in [3.8, 4) is 0 Å². The quantitative estimate of drug-likeness (QED) is 0.346. The molecule has 0 heterocycles. The molecule has 1 aromatic carbocycles. The molecule has 0 aliphatic rings. The smallest absolute Gasteiger partial charge is 0.318 e. The zero-order chi connectivity index (χ0) is 13.6. The van der Waals surface area contributed by atoms with E-state index < -0.39 is 11.5 Å². The van der Waals surface area contributed by atoms with Crippen LogP contribution in [0.25, 0.3) is 10.4 Å². The van der Waals surface area contributed by atoms with Crippen molar-refractivity contribution in [1.29, 1.82) is 0 Å². The van der Waals surface area contributed by atoms with E-state index in [0.717, 1.165) is 5.56 Å². The van der Waals surface area contributed by atoms with Crippen LogP contribution in [-0.2, 0) is 16.1 Å². The number of ether oxygens (including phenoxy) is 1. The van der Waals surface area contributed by atoms with Gasteiger partial charge in [0.1, 0.15) is 12.1 Å². The summed E-state index contributed by atoms with van der Waals surface area (Å²) in [6, 6.07) is 9.38. The van der Waals surface area contributed by atoms with Crippen LogP contribution >= 0.6 is 0 Å². The van der Waals surface area contributed by atoms with Gasteiger partial charge in [-0.15, -0.1) is 0 Å². The lowest BCUT2D eigenvalue weighted by Crippen LogP contribution is -2.39. The fourth-order valence-corrected chi connectivity index (χ4v) is 1.35. The Morgan fingerprint density at radius 3 is 2.56 bits per heavy atom. The predicted octanol–water partition coefficient (Wildman–Crippen LogP) is 3.45. The third-order valence-electron chi connectivity index (χ3n) is 3.00. The van der Waals surface area contributed by atoms with E-state index in [-0.39, 0.29) is 12.5 Å². The molecule has 1 atom stereocenters. The van der Waals surface area contributed by atoms with Gasteiger partial charge < -0.3 is 4.74 Å². The molecule has 0 N–H and O–H groups in total. The van der Waals surface area contributed by atoms with Crippen LogP contribution in [0.5, 0.6) is 0 Å². The number of carbonyl (C=O) groups is 1. The molecule has 1 unspecified atom stereocenters. The van der Waals surface area contributed by atoms with Gasteiger partial charge in [0.25, 0.3) is 0 Å². The number of benzene rings is 1. The number of nitrogens with zero attached hydrogens (tertiary/aromatic N) is 3. The number of carbonyl (C=O) groups excluding carboxylic acids is 1. The maximum atomic E-state index is 12.0. The predicted molar refractivity (Wildman–Crippen MR) is 68.6 cm³/mol. The molecule has 0 aliphatic heterocycles. The lowest BCUT2D eigenvalue weighted by atomic mass is 9.90. The van der Waals surface area contributed by atoms with Gasteiger partial charge >= 0.3 is 5.97 Å². The fraction of sp³-hybridized carbons (Fsp3) is 0.462. The summed E-state index contributed by atoms with van der Waals surface area (Å²) in [5.41, 5.74) is 8.27. The Bertz CT molecular complexity index is 453. The van der Waals surface area contributed by atoms with E-state index in [4.69, 9.17) is 10.3 Å². The third kappa shape index (κ3) is 3.25. The molecule has 1 aromatic rings. The molecule has 5 heteroatoms. The summed E-state index contributed by atoms with van der Waals surface area (Å²) >= 11 is 0. The molecule has 18 heavy (non-hydrogen) atoms. The van der Waals surface area contributed by atoms with Crippen LogP contribution in [0.4, 0.5) is 0 Å². The Morgan fingerprint density at radius 1 is 1.44 bits per heavy atom. The van der Waals surface area contributed by atoms with Crippen molar-refractivity contribution < 1.29 is 9.53 Å². The van der Waals surface area contributed by atoms with Crippen LogP contribution in [0.1, 0.15) is 26.3 Å². The Balaban J connectivity index is 2.72. The van der Waals surface area contributed by atoms with Crippen LogP contribution in [0, 0.1) is 5.92 Å². The van der Waals surface area contributed by atoms with Gasteiger partial charge in [-0.1, -0.05) is 49.3 Å². The summed E-state index contributed by atoms with van der Waals surface area (Å²) in [5, 5.41) is 3.57. The maximum Gasteiger partial charge on any atom is 0.318 e. The molecular weight excluding hydrogens is 230 g/mol. The lowest BCUT2D eigenvalue weighted by molar-refractivity contribution is -0.152. The number of azide groups is 1. The monoisotopic (exact) mass is 247 g/mol. The normalized spacial score (nSPS) is 13.6. The molecule has 0 aliphatic carbocycles. The van der Waals surface area contributed by atoms with Crippen LogP contribution in [0.3, 0.4) is 0 Å². The number of hydrogen-bond acceptors (Lipinski definition) is 3. The van der Waals surface area contributed by atoms with Crippen molar-refractivity contribution in [2.24, 2.45) is 11.0 Å². The number of rotatable bonds is 5. The number of hydrogen-bond donors (Lipinski definition) is 0. The van der Waals surface area contributed by atoms with Crippen LogP contribution in [-0.4, -0.2) is 11.5 Å². The first-order valence-electron chi connectivity index (χ1n) is 5.78. The minimum absolute atomic E-state index is 0.128. The second-order valence-electron chi connectivity index (χ2n) is 4.55. The van der Waals surface area contributed by atoms with Gasteiger partial charge in [0, 0.05) is 4.91 Å². The van der Waals surface area contributed by atoms with Crippen molar-refractivity contribution >= 4 is 5.97 Å². The second kappa shape index (κ2) is 6.07. The van der Waals surface area contributed by atoms with Gasteiger partial charge in [0.2, 0.25) is 0 Å². The van der Waals surface area contributed by atoms with E-state index in [1.807, 2.05) is 44.2 Å². The summed E-state index contributed by atoms with van der Waals surface area (Å²) in [5.74, 6) is -0.629. The Morgan fingerprint density at radius 2 is 2.06 bits per heavy atom. The molecular formula is C13H17N3O2. The molecule has 0 bridgehead atoms. The van der Waals surface area contributed by atoms with E-state index in [1.54, 1.807) is 6.92 Å². The van der Waals surface area contributed by atoms with Crippen molar-refractivity contribution in [2.75, 3.05) is 0 Å². The van der Waals surface area contributed by atoms with E-state index in [1.165, 1.54) is 0 Å². The van der Waals surface area contributed by atoms with Crippen molar-refractivity contribution in [3.05, 3.63) is 46.3 Å². The highest BCUT2D eigenvalue weighted by Crippen LogP contribution is 2.24. The minimum atomic E-state index is -1.16. The summed E-state index contributed by atoms with van der Waals surface area (Å²) in [6.45, 7) is 5.41. The SMILES string of the molecule is CC(C)C(C)(N=[N+]=[N-])C(=O)OCc1ccccc1. The van der Waals surface area contributed by atoms with Crippen molar-refractivity contribution in [1.82, 2.24) is 0 Å². The summed E-state index contributed by atoms with van der Waals surface area (Å²) in [6.07, 6.45) is 0. The van der Waals surface area contributed by atoms with Gasteiger partial charge in [0.05, 0.1) is 0 Å². The second-order valence-corrected chi connectivity index (χ2v) is 4.55. The molecule has 0 fully saturated rings. The molecule has 0 aromatic heterocycles. The highest BCUT2D eigenvalue weighted by Gasteiger charge is 2.37. The average molecular weight is 247 g/mol. The first-order valence-corrected chi connectivity index (χ1v) is 5.78. The van der Waals surface area contributed by atoms with Crippen LogP contribution < -0.4 is 0 Å². The van der Waals surface area contributed by atoms with Crippen molar-refractivity contribution in [2.45, 2.75) is 32.9 Å². The van der Waals surface area contributed by atoms with Gasteiger partial charge in [-0.3, -0.25) is 4.79 Å². The molecule has 0 saturated carbocycles. The van der Waals surface area contributed by atoms with Crippen LogP contribution in [0.15, 0.2) is 35.4 Å². The molecule has 0 spiro atoms. The van der Waals surface area contributed by atoms with Gasteiger partial charge in [0.15, 0.2) is 0 Å². The minimum Gasteiger partial charge on any atom is -0.460 e. The molecule has 1 rings (SSSR count). The Kier molecular flexibility index (Phi) is 4.75. The topological polar surface area (TPSA) is 75.1 Å². The van der Waals surface area contributed by atoms with Gasteiger partial charge in [-0.05, 0) is 23.9 Å². The fourth-order valence-electron chi connectivity index (χ4n) is 1.35. The standard InChI is InChI=1S/C13H17N3O2/c1-10(2)13(3,15-16-14)12(17)18-9-11-7-5-4-6-8-11/h4-8,10H,9H2,1-3H3. The third-order valence-corrected chi connectivity index (χ3v) is 3.00. The highest BCUT2D eigenvalue weighted by molar-refractivity contribution is 5.80. The van der Waals surface area contributed by atoms with Crippen LogP contribution in [0.2, 0.25) is 0 Å². The zero-order valence-electron chi connectivity index (χ0n) is 10.8. The maximum absolute atomic E-state index is 12.0. The lowest BCUT2D eigenvalue weighted by Gasteiger charge is -2.25. The molecule has 0 saturated heterocycles. The van der Waals surface area contributed by atoms with E-state index in [2.05, 4.69) is 10.0 Å². The average Bonchev–Trinajstić information content (AvgIpc) is 2.37.